The Morgan fingerprint density at radius 3 is 2.46 bits per heavy atom. The van der Waals surface area contributed by atoms with Crippen molar-refractivity contribution in [2.45, 2.75) is 13.1 Å². The molecule has 2 aromatic rings. The van der Waals surface area contributed by atoms with Crippen LogP contribution in [0, 0.1) is 5.82 Å². The first-order chi connectivity index (χ1) is 13.6. The number of piperazine rings is 1. The van der Waals surface area contributed by atoms with Gasteiger partial charge in [-0.15, -0.1) is 0 Å². The van der Waals surface area contributed by atoms with Gasteiger partial charge in [-0.25, -0.2) is 4.39 Å². The van der Waals surface area contributed by atoms with Crippen molar-refractivity contribution in [2.75, 3.05) is 39.3 Å². The highest BCUT2D eigenvalue weighted by atomic mass is 19.1. The van der Waals surface area contributed by atoms with E-state index in [0.717, 1.165) is 26.2 Å². The van der Waals surface area contributed by atoms with E-state index in [2.05, 4.69) is 9.80 Å². The van der Waals surface area contributed by atoms with E-state index >= 15 is 0 Å². The Bertz CT molecular complexity index is 863. The number of benzene rings is 1. The molecule has 1 aliphatic heterocycles. The van der Waals surface area contributed by atoms with Gasteiger partial charge in [-0.1, -0.05) is 18.2 Å². The highest BCUT2D eigenvalue weighted by Crippen LogP contribution is 2.16. The quantitative estimate of drug-likeness (QED) is 0.537. The topological polar surface area (TPSA) is 75.0 Å². The summed E-state index contributed by atoms with van der Waals surface area (Å²) in [6.07, 6.45) is 1.59. The van der Waals surface area contributed by atoms with Crippen LogP contribution < -0.4 is 5.56 Å². The molecule has 0 unspecified atom stereocenters. The van der Waals surface area contributed by atoms with Gasteiger partial charge in [0.2, 0.25) is 0 Å². The molecular weight excluding hydrogens is 365 g/mol. The fraction of sp³-hybridized carbons (Fsp3) is 0.400. The van der Waals surface area contributed by atoms with E-state index in [9.17, 15) is 19.1 Å². The van der Waals surface area contributed by atoms with Crippen molar-refractivity contribution in [3.63, 3.8) is 0 Å². The van der Waals surface area contributed by atoms with Crippen LogP contribution in [0.4, 0.5) is 4.39 Å². The Morgan fingerprint density at radius 1 is 1.04 bits per heavy atom. The van der Waals surface area contributed by atoms with Gasteiger partial charge < -0.3 is 14.4 Å². The van der Waals surface area contributed by atoms with Gasteiger partial charge in [0, 0.05) is 56.6 Å². The van der Waals surface area contributed by atoms with Gasteiger partial charge in [-0.2, -0.15) is 0 Å². The van der Waals surface area contributed by atoms with Crippen LogP contribution in [0.2, 0.25) is 0 Å². The Hall–Kier alpha value is -2.71. The van der Waals surface area contributed by atoms with E-state index in [0.29, 0.717) is 37.3 Å². The minimum Gasteiger partial charge on any atom is -0.503 e. The van der Waals surface area contributed by atoms with Gasteiger partial charge in [0.25, 0.3) is 12.0 Å². The van der Waals surface area contributed by atoms with Gasteiger partial charge in [0.1, 0.15) is 12.4 Å². The third-order valence-corrected chi connectivity index (χ3v) is 4.97. The molecule has 0 saturated carbocycles. The van der Waals surface area contributed by atoms with Crippen LogP contribution >= 0.6 is 0 Å². The summed E-state index contributed by atoms with van der Waals surface area (Å²) in [6.45, 7) is 5.31. The van der Waals surface area contributed by atoms with Crippen molar-refractivity contribution in [1.29, 1.82) is 0 Å². The van der Waals surface area contributed by atoms with Crippen LogP contribution in [0.25, 0.3) is 0 Å². The van der Waals surface area contributed by atoms with Gasteiger partial charge in [-0.3, -0.25) is 19.4 Å². The molecule has 1 aromatic carbocycles. The monoisotopic (exact) mass is 389 g/mol. The standard InChI is InChI=1S/C20H24FN3O4/c21-18-4-2-1-3-16(18)14-24-6-5-17(19(26)20(24)27)13-23-9-7-22(8-10-23)11-12-28-15-25/h1-6,15,26H,7-14H2. The molecule has 1 N–H and O–H groups in total. The molecule has 1 saturated heterocycles. The van der Waals surface area contributed by atoms with E-state index < -0.39 is 5.56 Å². The predicted molar refractivity (Wildman–Crippen MR) is 102 cm³/mol. The molecule has 1 aromatic heterocycles. The van der Waals surface area contributed by atoms with Crippen molar-refractivity contribution < 1.29 is 19.0 Å². The molecule has 0 spiro atoms. The average molecular weight is 389 g/mol. The number of aromatic nitrogens is 1. The first kappa shape index (κ1) is 20.0. The van der Waals surface area contributed by atoms with Crippen LogP contribution in [-0.4, -0.2) is 65.3 Å². The summed E-state index contributed by atoms with van der Waals surface area (Å²) in [4.78, 5) is 27.0. The number of halogens is 1. The van der Waals surface area contributed by atoms with Crippen molar-refractivity contribution in [3.05, 3.63) is 63.8 Å². The number of pyridine rings is 1. The summed E-state index contributed by atoms with van der Waals surface area (Å²) in [7, 11) is 0. The number of nitrogens with zero attached hydrogens (tertiary/aromatic N) is 3. The first-order valence-electron chi connectivity index (χ1n) is 9.23. The maximum absolute atomic E-state index is 13.8. The van der Waals surface area contributed by atoms with E-state index in [4.69, 9.17) is 4.74 Å². The molecule has 7 nitrogen and oxygen atoms in total. The highest BCUT2D eigenvalue weighted by Gasteiger charge is 2.19. The van der Waals surface area contributed by atoms with Crippen LogP contribution in [0.1, 0.15) is 11.1 Å². The fourth-order valence-corrected chi connectivity index (χ4v) is 3.30. The zero-order valence-electron chi connectivity index (χ0n) is 15.6. The van der Waals surface area contributed by atoms with Crippen LogP contribution in [0.3, 0.4) is 0 Å². The zero-order valence-corrected chi connectivity index (χ0v) is 15.6. The van der Waals surface area contributed by atoms with Crippen molar-refractivity contribution >= 4 is 6.47 Å². The Kier molecular flexibility index (Phi) is 6.78. The third kappa shape index (κ3) is 4.96. The van der Waals surface area contributed by atoms with E-state index in [1.165, 1.54) is 10.6 Å². The lowest BCUT2D eigenvalue weighted by Gasteiger charge is -2.34. The number of hydrogen-bond donors (Lipinski definition) is 1. The summed E-state index contributed by atoms with van der Waals surface area (Å²) < 4.78 is 19.8. The Labute approximate surface area is 162 Å². The summed E-state index contributed by atoms with van der Waals surface area (Å²) in [5, 5.41) is 10.3. The number of ether oxygens (including phenoxy) is 1. The lowest BCUT2D eigenvalue weighted by atomic mass is 10.2. The lowest BCUT2D eigenvalue weighted by molar-refractivity contribution is -0.129. The summed E-state index contributed by atoms with van der Waals surface area (Å²) in [5.41, 5.74) is 0.435. The second-order valence-electron chi connectivity index (χ2n) is 6.80. The maximum atomic E-state index is 13.8. The van der Waals surface area contributed by atoms with Crippen molar-refractivity contribution in [2.24, 2.45) is 0 Å². The zero-order chi connectivity index (χ0) is 19.9. The van der Waals surface area contributed by atoms with E-state index in [1.54, 1.807) is 30.5 Å². The van der Waals surface area contributed by atoms with Gasteiger partial charge in [0.05, 0.1) is 6.54 Å². The molecule has 0 aliphatic carbocycles. The minimum atomic E-state index is -0.523. The smallest absolute Gasteiger partial charge is 0.293 e. The molecule has 0 radical (unpaired) electrons. The van der Waals surface area contributed by atoms with Crippen molar-refractivity contribution in [3.8, 4) is 5.75 Å². The summed E-state index contributed by atoms with van der Waals surface area (Å²) in [5.74, 6) is -0.671. The van der Waals surface area contributed by atoms with Crippen LogP contribution in [0.5, 0.6) is 5.75 Å². The van der Waals surface area contributed by atoms with Crippen molar-refractivity contribution in [1.82, 2.24) is 14.4 Å². The maximum Gasteiger partial charge on any atom is 0.293 e. The number of carbonyl (C=O) groups is 1. The van der Waals surface area contributed by atoms with Crippen LogP contribution in [0.15, 0.2) is 41.3 Å². The molecule has 8 heteroatoms. The van der Waals surface area contributed by atoms with Gasteiger partial charge in [-0.05, 0) is 12.1 Å². The van der Waals surface area contributed by atoms with Crippen LogP contribution in [-0.2, 0) is 22.6 Å². The number of rotatable bonds is 8. The van der Waals surface area contributed by atoms with Gasteiger partial charge in [0.15, 0.2) is 5.75 Å². The normalized spacial score (nSPS) is 15.5. The molecule has 3 rings (SSSR count). The molecule has 1 aliphatic rings. The van der Waals surface area contributed by atoms with E-state index in [-0.39, 0.29) is 18.1 Å². The number of carbonyl (C=O) groups excluding carboxylic acids is 1. The molecule has 28 heavy (non-hydrogen) atoms. The summed E-state index contributed by atoms with van der Waals surface area (Å²) in [6, 6.07) is 7.98. The van der Waals surface area contributed by atoms with Gasteiger partial charge >= 0.3 is 0 Å². The minimum absolute atomic E-state index is 0.0703. The highest BCUT2D eigenvalue weighted by molar-refractivity contribution is 5.36. The average Bonchev–Trinajstić information content (AvgIpc) is 2.70. The van der Waals surface area contributed by atoms with E-state index in [1.807, 2.05) is 0 Å². The second kappa shape index (κ2) is 9.48. The molecule has 0 atom stereocenters. The Morgan fingerprint density at radius 2 is 1.75 bits per heavy atom. The molecule has 1 fully saturated rings. The largest absolute Gasteiger partial charge is 0.503 e. The first-order valence-corrected chi connectivity index (χ1v) is 9.23. The molecular formula is C20H24FN3O4. The number of aromatic hydroxyl groups is 1. The molecule has 2 heterocycles. The Balaban J connectivity index is 1.60. The number of hydrogen-bond acceptors (Lipinski definition) is 6. The molecule has 0 amide bonds. The molecule has 150 valence electrons. The molecule has 0 bridgehead atoms. The predicted octanol–water partition coefficient (Wildman–Crippen LogP) is 1.03. The third-order valence-electron chi connectivity index (χ3n) is 4.97. The second-order valence-corrected chi connectivity index (χ2v) is 6.80. The SMILES string of the molecule is O=COCCN1CCN(Cc2ccn(Cc3ccccc3F)c(=O)c2O)CC1. The summed E-state index contributed by atoms with van der Waals surface area (Å²) >= 11 is 0. The fourth-order valence-electron chi connectivity index (χ4n) is 3.30. The lowest BCUT2D eigenvalue weighted by Crippen LogP contribution is -2.46.